The minimum Gasteiger partial charge on any atom is -0.383 e. The van der Waals surface area contributed by atoms with Crippen LogP contribution in [0.4, 0.5) is 0 Å². The number of aliphatic hydroxyl groups is 2. The third-order valence-corrected chi connectivity index (χ3v) is 8.74. The summed E-state index contributed by atoms with van der Waals surface area (Å²) in [5.41, 5.74) is 1.21. The molecule has 2 N–H and O–H groups in total. The van der Waals surface area contributed by atoms with Crippen LogP contribution in [0.5, 0.6) is 0 Å². The molecule has 4 nitrogen and oxygen atoms in total. The standard InChI is InChI=1S/C30H44N2O2/c1-19(2)23-15-13-21(5)17-29(23,33)27-11-7-9-25(31-27)26-10-8-12-28(32-26)30(34)18-22(6)14-16-24(30)20(3)4/h7-12,19-24,33-34H,13-18H2,1-6H3/t21-,22-,23+,24+,29+,30+/m0/s1. The maximum absolute atomic E-state index is 11.9. The molecule has 2 aromatic heterocycles. The molecule has 0 aliphatic heterocycles. The van der Waals surface area contributed by atoms with Crippen molar-refractivity contribution in [3.63, 3.8) is 0 Å². The molecule has 2 fully saturated rings. The Bertz CT molecular complexity index is 910. The molecule has 0 bridgehead atoms. The molecule has 0 aromatic carbocycles. The van der Waals surface area contributed by atoms with Crippen molar-refractivity contribution in [2.75, 3.05) is 0 Å². The van der Waals surface area contributed by atoms with Crippen LogP contribution in [-0.2, 0) is 11.2 Å². The Kier molecular flexibility index (Phi) is 7.22. The van der Waals surface area contributed by atoms with Gasteiger partial charge in [0, 0.05) is 0 Å². The summed E-state index contributed by atoms with van der Waals surface area (Å²) in [4.78, 5) is 9.98. The molecule has 2 aliphatic rings. The van der Waals surface area contributed by atoms with Crippen LogP contribution in [0.2, 0.25) is 0 Å². The Morgan fingerprint density at radius 3 is 1.41 bits per heavy atom. The quantitative estimate of drug-likeness (QED) is 0.516. The predicted octanol–water partition coefficient (Wildman–Crippen LogP) is 6.70. The molecule has 186 valence electrons. The summed E-state index contributed by atoms with van der Waals surface area (Å²) >= 11 is 0. The lowest BCUT2D eigenvalue weighted by atomic mass is 9.65. The largest absolute Gasteiger partial charge is 0.383 e. The summed E-state index contributed by atoms with van der Waals surface area (Å²) in [5.74, 6) is 2.12. The van der Waals surface area contributed by atoms with Crippen molar-refractivity contribution in [2.24, 2.45) is 35.5 Å². The lowest BCUT2D eigenvalue weighted by molar-refractivity contribution is -0.0901. The van der Waals surface area contributed by atoms with Crippen LogP contribution in [0.15, 0.2) is 36.4 Å². The lowest BCUT2D eigenvalue weighted by Gasteiger charge is -2.44. The Labute approximate surface area is 206 Å². The molecule has 0 unspecified atom stereocenters. The van der Waals surface area contributed by atoms with E-state index in [9.17, 15) is 10.2 Å². The molecular weight excluding hydrogens is 420 g/mol. The molecule has 0 radical (unpaired) electrons. The molecule has 34 heavy (non-hydrogen) atoms. The first-order valence-electron chi connectivity index (χ1n) is 13.4. The minimum atomic E-state index is -0.917. The van der Waals surface area contributed by atoms with Crippen LogP contribution in [0.3, 0.4) is 0 Å². The van der Waals surface area contributed by atoms with Gasteiger partial charge in [0.2, 0.25) is 0 Å². The van der Waals surface area contributed by atoms with Crippen LogP contribution in [-0.4, -0.2) is 20.2 Å². The number of hydrogen-bond acceptors (Lipinski definition) is 4. The topological polar surface area (TPSA) is 66.2 Å². The Hall–Kier alpha value is -1.78. The van der Waals surface area contributed by atoms with Crippen molar-refractivity contribution in [1.29, 1.82) is 0 Å². The fraction of sp³-hybridized carbons (Fsp3) is 0.667. The Morgan fingerprint density at radius 2 is 1.06 bits per heavy atom. The predicted molar refractivity (Wildman–Crippen MR) is 138 cm³/mol. The van der Waals surface area contributed by atoms with Crippen molar-refractivity contribution >= 4 is 0 Å². The number of rotatable bonds is 5. The van der Waals surface area contributed by atoms with Gasteiger partial charge in [-0.3, -0.25) is 0 Å². The summed E-state index contributed by atoms with van der Waals surface area (Å²) in [5, 5.41) is 23.8. The fourth-order valence-corrected chi connectivity index (χ4v) is 6.97. The lowest BCUT2D eigenvalue weighted by Crippen LogP contribution is -2.44. The summed E-state index contributed by atoms with van der Waals surface area (Å²) in [6.07, 6.45) is 5.85. The maximum Gasteiger partial charge on any atom is 0.110 e. The van der Waals surface area contributed by atoms with Crippen LogP contribution >= 0.6 is 0 Å². The van der Waals surface area contributed by atoms with Gasteiger partial charge in [-0.1, -0.05) is 66.5 Å². The molecule has 2 heterocycles. The van der Waals surface area contributed by atoms with Crippen LogP contribution in [0.25, 0.3) is 11.4 Å². The highest BCUT2D eigenvalue weighted by molar-refractivity contribution is 5.55. The monoisotopic (exact) mass is 464 g/mol. The van der Waals surface area contributed by atoms with Crippen LogP contribution in [0, 0.1) is 35.5 Å². The molecule has 6 atom stereocenters. The molecule has 2 aliphatic carbocycles. The zero-order valence-electron chi connectivity index (χ0n) is 22.0. The van der Waals surface area contributed by atoms with E-state index >= 15 is 0 Å². The van der Waals surface area contributed by atoms with Gasteiger partial charge >= 0.3 is 0 Å². The van der Waals surface area contributed by atoms with Crippen molar-refractivity contribution < 1.29 is 10.2 Å². The molecule has 2 saturated carbocycles. The first kappa shape index (κ1) is 25.3. The smallest absolute Gasteiger partial charge is 0.110 e. The SMILES string of the molecule is CC(C)[C@H]1CC[C@H](C)C[C@]1(O)c1cccc(-c2cccc([C@@]3(O)C[C@@H](C)CC[C@@H]3C(C)C)n2)n1. The third kappa shape index (κ3) is 4.68. The number of aromatic nitrogens is 2. The second kappa shape index (κ2) is 9.70. The van der Waals surface area contributed by atoms with Crippen LogP contribution < -0.4 is 0 Å². The summed E-state index contributed by atoms with van der Waals surface area (Å²) < 4.78 is 0. The fourth-order valence-electron chi connectivity index (χ4n) is 6.97. The van der Waals surface area contributed by atoms with Crippen LogP contribution in [0.1, 0.15) is 91.5 Å². The second-order valence-corrected chi connectivity index (χ2v) is 12.1. The number of hydrogen-bond donors (Lipinski definition) is 2. The normalized spacial score (nSPS) is 34.5. The number of nitrogens with zero attached hydrogens (tertiary/aromatic N) is 2. The molecule has 4 heteroatoms. The molecule has 0 amide bonds. The average molecular weight is 465 g/mol. The molecule has 0 saturated heterocycles. The van der Waals surface area contributed by atoms with Crippen molar-refractivity contribution in [1.82, 2.24) is 9.97 Å². The first-order chi connectivity index (χ1) is 16.0. The van der Waals surface area contributed by atoms with Crippen molar-refractivity contribution in [3.8, 4) is 11.4 Å². The van der Waals surface area contributed by atoms with Crippen molar-refractivity contribution in [3.05, 3.63) is 47.8 Å². The van der Waals surface area contributed by atoms with Gasteiger partial charge in [-0.25, -0.2) is 9.97 Å². The van der Waals surface area contributed by atoms with E-state index in [1.165, 1.54) is 0 Å². The zero-order valence-corrected chi connectivity index (χ0v) is 22.0. The Morgan fingerprint density at radius 1 is 0.676 bits per heavy atom. The van der Waals surface area contributed by atoms with Gasteiger partial charge in [0.15, 0.2) is 0 Å². The van der Waals surface area contributed by atoms with E-state index in [1.54, 1.807) is 0 Å². The third-order valence-electron chi connectivity index (χ3n) is 8.74. The highest BCUT2D eigenvalue weighted by Gasteiger charge is 2.46. The van der Waals surface area contributed by atoms with E-state index in [2.05, 4.69) is 41.5 Å². The van der Waals surface area contributed by atoms with Gasteiger partial charge in [0.05, 0.1) is 22.8 Å². The van der Waals surface area contributed by atoms with E-state index in [0.29, 0.717) is 23.7 Å². The van der Waals surface area contributed by atoms with E-state index in [-0.39, 0.29) is 11.8 Å². The van der Waals surface area contributed by atoms with E-state index < -0.39 is 11.2 Å². The van der Waals surface area contributed by atoms with E-state index in [4.69, 9.17) is 9.97 Å². The molecule has 2 aromatic rings. The van der Waals surface area contributed by atoms with Gasteiger partial charge in [0.25, 0.3) is 0 Å². The van der Waals surface area contributed by atoms with E-state index in [1.807, 2.05) is 36.4 Å². The van der Waals surface area contributed by atoms with Crippen molar-refractivity contribution in [2.45, 2.75) is 91.3 Å². The zero-order chi connectivity index (χ0) is 24.7. The van der Waals surface area contributed by atoms with E-state index in [0.717, 1.165) is 61.3 Å². The summed E-state index contributed by atoms with van der Waals surface area (Å²) in [6.45, 7) is 13.3. The average Bonchev–Trinajstić information content (AvgIpc) is 2.78. The number of pyridine rings is 2. The van der Waals surface area contributed by atoms with Gasteiger partial charge < -0.3 is 10.2 Å². The highest BCUT2D eigenvalue weighted by atomic mass is 16.3. The maximum atomic E-state index is 11.9. The van der Waals surface area contributed by atoms with Gasteiger partial charge in [0.1, 0.15) is 11.2 Å². The highest BCUT2D eigenvalue weighted by Crippen LogP contribution is 2.48. The molecule has 0 spiro atoms. The molecular formula is C30H44N2O2. The van der Waals surface area contributed by atoms with Gasteiger partial charge in [-0.05, 0) is 85.5 Å². The first-order valence-corrected chi connectivity index (χ1v) is 13.4. The second-order valence-electron chi connectivity index (χ2n) is 12.1. The van der Waals surface area contributed by atoms with Gasteiger partial charge in [-0.2, -0.15) is 0 Å². The van der Waals surface area contributed by atoms with Gasteiger partial charge in [-0.15, -0.1) is 0 Å². The minimum absolute atomic E-state index is 0.196. The molecule has 4 rings (SSSR count). The Balaban J connectivity index is 1.72. The summed E-state index contributed by atoms with van der Waals surface area (Å²) in [6, 6.07) is 11.9. The summed E-state index contributed by atoms with van der Waals surface area (Å²) in [7, 11) is 0.